The zero-order valence-corrected chi connectivity index (χ0v) is 27.8. The maximum atomic E-state index is 6.56. The summed E-state index contributed by atoms with van der Waals surface area (Å²) in [4.78, 5) is 10.6. The van der Waals surface area contributed by atoms with Gasteiger partial charge in [-0.25, -0.2) is 9.98 Å². The Balaban J connectivity index is 1.21. The van der Waals surface area contributed by atoms with Crippen LogP contribution in [0, 0.1) is 5.92 Å². The molecule has 4 heteroatoms. The summed E-state index contributed by atoms with van der Waals surface area (Å²) in [6.07, 6.45) is 5.19. The van der Waals surface area contributed by atoms with Gasteiger partial charge in [0.1, 0.15) is 23.2 Å². The fourth-order valence-corrected chi connectivity index (χ4v) is 7.28. The highest BCUT2D eigenvalue weighted by Gasteiger charge is 2.26. The molecule has 1 aliphatic carbocycles. The molecule has 4 nitrogen and oxygen atoms in total. The Labute approximate surface area is 291 Å². The Morgan fingerprint density at radius 3 is 1.96 bits per heavy atom. The van der Waals surface area contributed by atoms with Crippen molar-refractivity contribution < 1.29 is 4.42 Å². The smallest absolute Gasteiger partial charge is 0.160 e. The third-order valence-corrected chi connectivity index (χ3v) is 9.84. The normalized spacial score (nSPS) is 17.5. The van der Waals surface area contributed by atoms with Gasteiger partial charge in [-0.15, -0.1) is 0 Å². The number of aliphatic imine (C=N–C) groups is 2. The van der Waals surface area contributed by atoms with Gasteiger partial charge in [0, 0.05) is 21.9 Å². The standard InChI is InChI=1S/C46H35N3O/c1-30-27-36(32-15-7-3-8-16-32)25-26-38(30)37-28-40(43-39-19-11-12-20-41(39)50-42(43)29-37)46-48-44(34-17-9-4-10-18-34)47-45(49-46)35-23-21-33(22-24-35)31-13-5-2-6-14-31/h2-26,28-30,45H,27H2,1H3,(H,47,48,49). The minimum atomic E-state index is -0.330. The van der Waals surface area contributed by atoms with Crippen LogP contribution in [-0.2, 0) is 0 Å². The van der Waals surface area contributed by atoms with Gasteiger partial charge in [-0.2, -0.15) is 0 Å². The van der Waals surface area contributed by atoms with Crippen LogP contribution >= 0.6 is 0 Å². The molecule has 1 N–H and O–H groups in total. The summed E-state index contributed by atoms with van der Waals surface area (Å²) < 4.78 is 6.56. The fourth-order valence-electron chi connectivity index (χ4n) is 7.28. The largest absolute Gasteiger partial charge is 0.456 e. The molecule has 0 spiro atoms. The Bertz CT molecular complexity index is 2470. The highest BCUT2D eigenvalue weighted by Crippen LogP contribution is 2.41. The number of hydrogen-bond donors (Lipinski definition) is 1. The molecule has 2 unspecified atom stereocenters. The van der Waals surface area contributed by atoms with E-state index in [-0.39, 0.29) is 6.17 Å². The number of para-hydroxylation sites is 1. The summed E-state index contributed by atoms with van der Waals surface area (Å²) in [5, 5.41) is 5.74. The Kier molecular flexibility index (Phi) is 7.55. The summed E-state index contributed by atoms with van der Waals surface area (Å²) in [6, 6.07) is 52.9. The monoisotopic (exact) mass is 645 g/mol. The maximum absolute atomic E-state index is 6.56. The van der Waals surface area contributed by atoms with Crippen LogP contribution in [0.15, 0.2) is 178 Å². The Morgan fingerprint density at radius 2 is 1.24 bits per heavy atom. The number of benzene rings is 6. The lowest BCUT2D eigenvalue weighted by Gasteiger charge is -2.25. The summed E-state index contributed by atoms with van der Waals surface area (Å²) >= 11 is 0. The van der Waals surface area contributed by atoms with E-state index in [1.165, 1.54) is 27.8 Å². The number of hydrogen-bond acceptors (Lipinski definition) is 4. The number of fused-ring (bicyclic) bond motifs is 3. The van der Waals surface area contributed by atoms with E-state index in [0.717, 1.165) is 56.4 Å². The lowest BCUT2D eigenvalue weighted by molar-refractivity contribution is 0.668. The van der Waals surface area contributed by atoms with Gasteiger partial charge in [-0.05, 0) is 69.5 Å². The van der Waals surface area contributed by atoms with Crippen LogP contribution in [0.1, 0.15) is 47.3 Å². The molecule has 0 radical (unpaired) electrons. The van der Waals surface area contributed by atoms with Gasteiger partial charge in [0.25, 0.3) is 0 Å². The lowest BCUT2D eigenvalue weighted by Crippen LogP contribution is -2.33. The predicted molar refractivity (Wildman–Crippen MR) is 207 cm³/mol. The number of furan rings is 1. The van der Waals surface area contributed by atoms with Crippen molar-refractivity contribution in [3.05, 3.63) is 192 Å². The van der Waals surface area contributed by atoms with E-state index < -0.39 is 0 Å². The molecule has 7 aromatic rings. The van der Waals surface area contributed by atoms with Crippen molar-refractivity contribution in [1.29, 1.82) is 0 Å². The van der Waals surface area contributed by atoms with Crippen molar-refractivity contribution in [2.45, 2.75) is 19.5 Å². The number of nitrogens with zero attached hydrogens (tertiary/aromatic N) is 2. The average molecular weight is 646 g/mol. The van der Waals surface area contributed by atoms with Crippen LogP contribution in [0.5, 0.6) is 0 Å². The first-order valence-electron chi connectivity index (χ1n) is 17.2. The van der Waals surface area contributed by atoms with Gasteiger partial charge in [-0.1, -0.05) is 153 Å². The van der Waals surface area contributed by atoms with Gasteiger partial charge in [0.05, 0.1) is 0 Å². The number of rotatable bonds is 6. The topological polar surface area (TPSA) is 49.9 Å². The first-order chi connectivity index (χ1) is 24.7. The highest BCUT2D eigenvalue weighted by atomic mass is 16.3. The second-order valence-electron chi connectivity index (χ2n) is 13.1. The molecular formula is C46H35N3O. The van der Waals surface area contributed by atoms with E-state index in [9.17, 15) is 0 Å². The van der Waals surface area contributed by atoms with Crippen LogP contribution in [0.2, 0.25) is 0 Å². The molecule has 50 heavy (non-hydrogen) atoms. The zero-order valence-electron chi connectivity index (χ0n) is 27.8. The second kappa shape index (κ2) is 12.6. The van der Waals surface area contributed by atoms with Crippen molar-refractivity contribution in [3.63, 3.8) is 0 Å². The molecule has 6 aromatic carbocycles. The molecule has 0 saturated heterocycles. The first-order valence-corrected chi connectivity index (χ1v) is 17.2. The first kappa shape index (κ1) is 29.8. The van der Waals surface area contributed by atoms with Crippen LogP contribution in [0.4, 0.5) is 0 Å². The van der Waals surface area contributed by atoms with E-state index in [4.69, 9.17) is 14.4 Å². The zero-order chi connectivity index (χ0) is 33.4. The lowest BCUT2D eigenvalue weighted by atomic mass is 9.82. The van der Waals surface area contributed by atoms with E-state index in [1.807, 2.05) is 36.4 Å². The van der Waals surface area contributed by atoms with Gasteiger partial charge in [0.15, 0.2) is 5.84 Å². The molecule has 2 atom stereocenters. The molecule has 240 valence electrons. The summed E-state index contributed by atoms with van der Waals surface area (Å²) in [7, 11) is 0. The summed E-state index contributed by atoms with van der Waals surface area (Å²) in [6.45, 7) is 2.31. The SMILES string of the molecule is CC1CC(c2ccccc2)=CC=C1c1cc(C2=NC(c3ccc(-c4ccccc4)cc3)NC(c3ccccc3)=N2)c2c(c1)oc1ccccc12. The summed E-state index contributed by atoms with van der Waals surface area (Å²) in [5.74, 6) is 1.79. The Hall–Kier alpha value is -6.26. The third-order valence-electron chi connectivity index (χ3n) is 9.84. The van der Waals surface area contributed by atoms with Crippen molar-refractivity contribution in [3.8, 4) is 11.1 Å². The predicted octanol–water partition coefficient (Wildman–Crippen LogP) is 11.3. The minimum Gasteiger partial charge on any atom is -0.456 e. The third kappa shape index (κ3) is 5.55. The molecule has 0 fully saturated rings. The molecule has 1 aliphatic heterocycles. The number of amidine groups is 2. The molecule has 0 amide bonds. The Morgan fingerprint density at radius 1 is 0.600 bits per heavy atom. The van der Waals surface area contributed by atoms with Gasteiger partial charge in [0.2, 0.25) is 0 Å². The highest BCUT2D eigenvalue weighted by molar-refractivity contribution is 6.22. The van der Waals surface area contributed by atoms with Crippen LogP contribution in [0.3, 0.4) is 0 Å². The van der Waals surface area contributed by atoms with E-state index in [1.54, 1.807) is 0 Å². The molecule has 9 rings (SSSR count). The van der Waals surface area contributed by atoms with Crippen molar-refractivity contribution in [2.75, 3.05) is 0 Å². The van der Waals surface area contributed by atoms with Gasteiger partial charge < -0.3 is 9.73 Å². The van der Waals surface area contributed by atoms with Crippen LogP contribution in [-0.4, -0.2) is 11.7 Å². The van der Waals surface area contributed by atoms with E-state index in [0.29, 0.717) is 11.8 Å². The summed E-state index contributed by atoms with van der Waals surface area (Å²) in [5.41, 5.74) is 12.1. The van der Waals surface area contributed by atoms with Crippen molar-refractivity contribution in [1.82, 2.24) is 5.32 Å². The second-order valence-corrected chi connectivity index (χ2v) is 13.1. The van der Waals surface area contributed by atoms with Crippen molar-refractivity contribution in [2.24, 2.45) is 15.9 Å². The van der Waals surface area contributed by atoms with E-state index >= 15 is 0 Å². The van der Waals surface area contributed by atoms with Gasteiger partial charge >= 0.3 is 0 Å². The average Bonchev–Trinajstić information content (AvgIpc) is 3.57. The van der Waals surface area contributed by atoms with Crippen LogP contribution in [0.25, 0.3) is 44.2 Å². The molecule has 0 saturated carbocycles. The number of allylic oxidation sites excluding steroid dienone is 4. The molecule has 2 aliphatic rings. The maximum Gasteiger partial charge on any atom is 0.160 e. The van der Waals surface area contributed by atoms with Crippen LogP contribution < -0.4 is 5.32 Å². The molecular weight excluding hydrogens is 611 g/mol. The molecule has 1 aromatic heterocycles. The molecule has 0 bridgehead atoms. The van der Waals surface area contributed by atoms with E-state index in [2.05, 4.69) is 140 Å². The molecule has 2 heterocycles. The number of nitrogens with one attached hydrogen (secondary N) is 1. The minimum absolute atomic E-state index is 0.319. The van der Waals surface area contributed by atoms with Gasteiger partial charge in [-0.3, -0.25) is 0 Å². The quantitative estimate of drug-likeness (QED) is 0.196. The van der Waals surface area contributed by atoms with Crippen molar-refractivity contribution >= 4 is 44.8 Å². The fraction of sp³-hybridized carbons (Fsp3) is 0.0870.